The highest BCUT2D eigenvalue weighted by atomic mass is 79.9. The van der Waals surface area contributed by atoms with Gasteiger partial charge in [-0.1, -0.05) is 28.8 Å². The van der Waals surface area contributed by atoms with Crippen LogP contribution in [0.2, 0.25) is 0 Å². The molecule has 0 atom stereocenters. The summed E-state index contributed by atoms with van der Waals surface area (Å²) in [5, 5.41) is 8.60. The summed E-state index contributed by atoms with van der Waals surface area (Å²) in [4.78, 5) is 0. The molecule has 0 radical (unpaired) electrons. The number of nitrogens with two attached hydrogens (primary N) is 1. The third-order valence-electron chi connectivity index (χ3n) is 3.73. The van der Waals surface area contributed by atoms with E-state index in [1.54, 1.807) is 0 Å². The average Bonchev–Trinajstić information content (AvgIpc) is 2.96. The summed E-state index contributed by atoms with van der Waals surface area (Å²) in [6, 6.07) is 6.43. The van der Waals surface area contributed by atoms with E-state index in [0.717, 1.165) is 27.4 Å². The molecule has 3 rings (SSSR count). The highest BCUT2D eigenvalue weighted by Crippen LogP contribution is 2.34. The molecule has 2 N–H and O–H groups in total. The van der Waals surface area contributed by atoms with Crippen molar-refractivity contribution >= 4 is 21.6 Å². The molecule has 0 saturated heterocycles. The van der Waals surface area contributed by atoms with Gasteiger partial charge in [0.1, 0.15) is 5.82 Å². The lowest BCUT2D eigenvalue weighted by Gasteiger charge is -2.16. The molecule has 1 aliphatic rings. The first-order valence-corrected chi connectivity index (χ1v) is 7.42. The molecule has 1 fully saturated rings. The van der Waals surface area contributed by atoms with Gasteiger partial charge in [0.15, 0.2) is 5.82 Å². The molecule has 1 aliphatic carbocycles. The number of nitrogen functional groups attached to an aromatic ring is 1. The molecule has 100 valence electrons. The molecule has 0 amide bonds. The minimum atomic E-state index is 0.533. The second-order valence-corrected chi connectivity index (χ2v) is 6.07. The largest absolute Gasteiger partial charge is 0.399 e. The van der Waals surface area contributed by atoms with Gasteiger partial charge in [0.2, 0.25) is 0 Å². The van der Waals surface area contributed by atoms with Gasteiger partial charge in [-0.25, -0.2) is 0 Å². The van der Waals surface area contributed by atoms with Crippen molar-refractivity contribution in [3.63, 3.8) is 0 Å². The zero-order valence-corrected chi connectivity index (χ0v) is 12.5. The number of aromatic nitrogens is 3. The van der Waals surface area contributed by atoms with Gasteiger partial charge in [0.05, 0.1) is 0 Å². The number of hydrogen-bond donors (Lipinski definition) is 1. The van der Waals surface area contributed by atoms with Crippen molar-refractivity contribution in [1.82, 2.24) is 14.8 Å². The Balaban J connectivity index is 2.09. The molecule has 2 aromatic rings. The van der Waals surface area contributed by atoms with Gasteiger partial charge in [-0.2, -0.15) is 0 Å². The van der Waals surface area contributed by atoms with Gasteiger partial charge >= 0.3 is 0 Å². The fraction of sp³-hybridized carbons (Fsp3) is 0.429. The van der Waals surface area contributed by atoms with E-state index in [-0.39, 0.29) is 0 Å². The van der Waals surface area contributed by atoms with Crippen molar-refractivity contribution in [3.8, 4) is 11.4 Å². The Morgan fingerprint density at radius 2 is 1.95 bits per heavy atom. The van der Waals surface area contributed by atoms with Crippen molar-refractivity contribution in [2.24, 2.45) is 0 Å². The SMILES string of the molecule is Cc1nnc(-c2cc(N)cc(Br)c2)n1C1CCCC1. The lowest BCUT2D eigenvalue weighted by Crippen LogP contribution is -2.08. The van der Waals surface area contributed by atoms with E-state index in [4.69, 9.17) is 5.73 Å². The Bertz CT molecular complexity index is 579. The molecular formula is C14H17BrN4. The molecular weight excluding hydrogens is 304 g/mol. The summed E-state index contributed by atoms with van der Waals surface area (Å²) in [5.41, 5.74) is 7.69. The van der Waals surface area contributed by atoms with Crippen LogP contribution in [0.5, 0.6) is 0 Å². The number of benzene rings is 1. The Morgan fingerprint density at radius 1 is 1.21 bits per heavy atom. The fourth-order valence-corrected chi connectivity index (χ4v) is 3.42. The van der Waals surface area contributed by atoms with E-state index in [0.29, 0.717) is 6.04 Å². The van der Waals surface area contributed by atoms with Gasteiger partial charge in [-0.15, -0.1) is 10.2 Å². The quantitative estimate of drug-likeness (QED) is 0.858. The number of rotatable bonds is 2. The molecule has 1 saturated carbocycles. The number of anilines is 1. The number of nitrogens with zero attached hydrogens (tertiary/aromatic N) is 3. The zero-order valence-electron chi connectivity index (χ0n) is 10.9. The molecule has 5 heteroatoms. The van der Waals surface area contributed by atoms with Crippen LogP contribution < -0.4 is 5.73 Å². The molecule has 0 bridgehead atoms. The number of aryl methyl sites for hydroxylation is 1. The molecule has 1 aromatic carbocycles. The predicted molar refractivity (Wildman–Crippen MR) is 79.8 cm³/mol. The molecule has 0 aliphatic heterocycles. The molecule has 0 spiro atoms. The minimum absolute atomic E-state index is 0.533. The van der Waals surface area contributed by atoms with Crippen molar-refractivity contribution in [2.75, 3.05) is 5.73 Å². The summed E-state index contributed by atoms with van der Waals surface area (Å²) in [7, 11) is 0. The standard InChI is InChI=1S/C14H17BrN4/c1-9-17-18-14(19(9)13-4-2-3-5-13)10-6-11(15)8-12(16)7-10/h6-8,13H,2-5,16H2,1H3. The summed E-state index contributed by atoms with van der Waals surface area (Å²) < 4.78 is 3.25. The first kappa shape index (κ1) is 12.7. The van der Waals surface area contributed by atoms with Gasteiger partial charge in [-0.3, -0.25) is 0 Å². The minimum Gasteiger partial charge on any atom is -0.399 e. The predicted octanol–water partition coefficient (Wildman–Crippen LogP) is 3.71. The van der Waals surface area contributed by atoms with Crippen LogP contribution in [0.25, 0.3) is 11.4 Å². The normalized spacial score (nSPS) is 16.1. The average molecular weight is 321 g/mol. The van der Waals surface area contributed by atoms with Crippen LogP contribution in [0.3, 0.4) is 0 Å². The van der Waals surface area contributed by atoms with Crippen LogP contribution in [0.15, 0.2) is 22.7 Å². The van der Waals surface area contributed by atoms with Crippen LogP contribution in [0.1, 0.15) is 37.5 Å². The Hall–Kier alpha value is -1.36. The molecule has 1 aromatic heterocycles. The summed E-state index contributed by atoms with van der Waals surface area (Å²) in [6.45, 7) is 2.02. The highest BCUT2D eigenvalue weighted by molar-refractivity contribution is 9.10. The number of halogens is 1. The van der Waals surface area contributed by atoms with Crippen LogP contribution in [-0.4, -0.2) is 14.8 Å². The summed E-state index contributed by atoms with van der Waals surface area (Å²) >= 11 is 3.49. The van der Waals surface area contributed by atoms with Gasteiger partial charge in [0.25, 0.3) is 0 Å². The summed E-state index contributed by atoms with van der Waals surface area (Å²) in [6.07, 6.45) is 5.02. The second-order valence-electron chi connectivity index (χ2n) is 5.15. The lowest BCUT2D eigenvalue weighted by molar-refractivity contribution is 0.510. The van der Waals surface area contributed by atoms with Crippen molar-refractivity contribution in [3.05, 3.63) is 28.5 Å². The molecule has 0 unspecified atom stereocenters. The Labute approximate surface area is 121 Å². The van der Waals surface area contributed by atoms with E-state index in [2.05, 4.69) is 30.7 Å². The Kier molecular flexibility index (Phi) is 3.31. The maximum atomic E-state index is 5.92. The van der Waals surface area contributed by atoms with Crippen molar-refractivity contribution in [2.45, 2.75) is 38.6 Å². The van der Waals surface area contributed by atoms with Crippen LogP contribution in [0, 0.1) is 6.92 Å². The van der Waals surface area contributed by atoms with Gasteiger partial charge in [0, 0.05) is 21.8 Å². The van der Waals surface area contributed by atoms with Gasteiger partial charge < -0.3 is 10.3 Å². The van der Waals surface area contributed by atoms with E-state index in [1.807, 2.05) is 25.1 Å². The Morgan fingerprint density at radius 3 is 2.63 bits per heavy atom. The molecule has 4 nitrogen and oxygen atoms in total. The van der Waals surface area contributed by atoms with Crippen LogP contribution >= 0.6 is 15.9 Å². The maximum absolute atomic E-state index is 5.92. The monoisotopic (exact) mass is 320 g/mol. The highest BCUT2D eigenvalue weighted by Gasteiger charge is 2.23. The van der Waals surface area contributed by atoms with E-state index < -0.39 is 0 Å². The van der Waals surface area contributed by atoms with Crippen LogP contribution in [-0.2, 0) is 0 Å². The lowest BCUT2D eigenvalue weighted by atomic mass is 10.1. The zero-order chi connectivity index (χ0) is 13.4. The fourth-order valence-electron chi connectivity index (χ4n) is 2.91. The van der Waals surface area contributed by atoms with E-state index >= 15 is 0 Å². The second kappa shape index (κ2) is 4.96. The van der Waals surface area contributed by atoms with Crippen molar-refractivity contribution in [1.29, 1.82) is 0 Å². The van der Waals surface area contributed by atoms with E-state index in [1.165, 1.54) is 25.7 Å². The number of hydrogen-bond acceptors (Lipinski definition) is 3. The molecule has 19 heavy (non-hydrogen) atoms. The molecule has 1 heterocycles. The van der Waals surface area contributed by atoms with E-state index in [9.17, 15) is 0 Å². The third-order valence-corrected chi connectivity index (χ3v) is 4.19. The third kappa shape index (κ3) is 2.39. The van der Waals surface area contributed by atoms with Gasteiger partial charge in [-0.05, 0) is 38.0 Å². The first-order chi connectivity index (χ1) is 9.15. The summed E-state index contributed by atoms with van der Waals surface area (Å²) in [5.74, 6) is 1.91. The maximum Gasteiger partial charge on any atom is 0.164 e. The topological polar surface area (TPSA) is 56.7 Å². The van der Waals surface area contributed by atoms with Crippen molar-refractivity contribution < 1.29 is 0 Å². The first-order valence-electron chi connectivity index (χ1n) is 6.63. The smallest absolute Gasteiger partial charge is 0.164 e. The van der Waals surface area contributed by atoms with Crippen LogP contribution in [0.4, 0.5) is 5.69 Å².